The largest absolute Gasteiger partial charge is 0.349 e. The van der Waals surface area contributed by atoms with Crippen molar-refractivity contribution < 1.29 is 4.74 Å². The van der Waals surface area contributed by atoms with Gasteiger partial charge >= 0.3 is 0 Å². The molecule has 1 aliphatic rings. The van der Waals surface area contributed by atoms with Gasteiger partial charge in [0.15, 0.2) is 12.0 Å². The number of hydrogen-bond donors (Lipinski definition) is 1. The Hall–Kier alpha value is -1.00. The van der Waals surface area contributed by atoms with Crippen molar-refractivity contribution in [3.63, 3.8) is 0 Å². The van der Waals surface area contributed by atoms with Gasteiger partial charge < -0.3 is 10.1 Å². The van der Waals surface area contributed by atoms with Gasteiger partial charge in [0, 0.05) is 24.2 Å². The fourth-order valence-electron chi connectivity index (χ4n) is 2.05. The second-order valence-corrected chi connectivity index (χ2v) is 6.16. The maximum Gasteiger partial charge on any atom is 0.166 e. The molecule has 1 atom stereocenters. The predicted molar refractivity (Wildman–Crippen MR) is 73.8 cm³/mol. The Morgan fingerprint density at radius 2 is 2.17 bits per heavy atom. The van der Waals surface area contributed by atoms with Crippen LogP contribution in [0, 0.1) is 0 Å². The van der Waals surface area contributed by atoms with Crippen LogP contribution in [0.4, 0.5) is 5.82 Å². The zero-order chi connectivity index (χ0) is 13.5. The second-order valence-electron chi connectivity index (χ2n) is 5.75. The summed E-state index contributed by atoms with van der Waals surface area (Å²) >= 11 is 6.17. The van der Waals surface area contributed by atoms with E-state index in [1.807, 2.05) is 24.7 Å². The number of anilines is 1. The van der Waals surface area contributed by atoms with Crippen LogP contribution in [0.3, 0.4) is 0 Å². The first-order chi connectivity index (χ1) is 8.29. The average Bonchev–Trinajstić information content (AvgIpc) is 2.76. The number of nitrogens with one attached hydrogen (secondary N) is 1. The van der Waals surface area contributed by atoms with E-state index >= 15 is 0 Å². The van der Waals surface area contributed by atoms with Gasteiger partial charge in [-0.2, -0.15) is 5.10 Å². The van der Waals surface area contributed by atoms with Crippen LogP contribution < -0.4 is 5.32 Å². The number of rotatable bonds is 2. The Bertz CT molecular complexity index is 485. The first-order valence-electron chi connectivity index (χ1n) is 6.07. The number of ether oxygens (including phenoxy) is 1. The van der Waals surface area contributed by atoms with Crippen molar-refractivity contribution >= 4 is 17.4 Å². The summed E-state index contributed by atoms with van der Waals surface area (Å²) in [6.45, 7) is 9.04. The van der Waals surface area contributed by atoms with E-state index < -0.39 is 0 Å². The molecule has 0 saturated heterocycles. The first kappa shape index (κ1) is 13.4. The molecule has 1 unspecified atom stereocenters. The van der Waals surface area contributed by atoms with Gasteiger partial charge in [-0.1, -0.05) is 32.4 Å². The molecule has 0 radical (unpaired) electrons. The molecule has 5 heteroatoms. The fraction of sp³-hybridized carbons (Fsp3) is 0.615. The van der Waals surface area contributed by atoms with E-state index in [0.29, 0.717) is 6.61 Å². The van der Waals surface area contributed by atoms with E-state index in [4.69, 9.17) is 16.3 Å². The third-order valence-corrected chi connectivity index (χ3v) is 3.55. The molecule has 1 N–H and O–H groups in total. The molecule has 0 saturated carbocycles. The molecule has 1 aromatic rings. The summed E-state index contributed by atoms with van der Waals surface area (Å²) < 4.78 is 7.44. The Balaban J connectivity index is 2.17. The number of aryl methyl sites for hydroxylation is 1. The van der Waals surface area contributed by atoms with Crippen molar-refractivity contribution in [2.75, 3.05) is 11.9 Å². The maximum absolute atomic E-state index is 6.17. The molecule has 0 bridgehead atoms. The predicted octanol–water partition coefficient (Wildman–Crippen LogP) is 3.00. The molecule has 100 valence electrons. The Morgan fingerprint density at radius 1 is 1.50 bits per heavy atom. The number of nitrogens with zero attached hydrogens (tertiary/aromatic N) is 2. The number of hydrogen-bond acceptors (Lipinski definition) is 3. The standard InChI is InChI=1S/C13H20ClN3O/c1-8-7-18-12(11(8)14)15-10-6-9(13(2,3)4)17(5)16-10/h6,12H,7H2,1-5H3,(H,15,16). The summed E-state index contributed by atoms with van der Waals surface area (Å²) in [5.41, 5.74) is 2.30. The van der Waals surface area contributed by atoms with Crippen LogP contribution in [-0.2, 0) is 17.2 Å². The minimum absolute atomic E-state index is 0.0633. The second kappa shape index (κ2) is 4.59. The highest BCUT2D eigenvalue weighted by molar-refractivity contribution is 6.30. The Morgan fingerprint density at radius 3 is 2.61 bits per heavy atom. The van der Waals surface area contributed by atoms with Gasteiger partial charge in [0.05, 0.1) is 11.6 Å². The lowest BCUT2D eigenvalue weighted by atomic mass is 9.92. The molecular formula is C13H20ClN3O. The van der Waals surface area contributed by atoms with Crippen molar-refractivity contribution in [3.05, 3.63) is 22.4 Å². The highest BCUT2D eigenvalue weighted by atomic mass is 35.5. The smallest absolute Gasteiger partial charge is 0.166 e. The molecule has 0 aromatic carbocycles. The molecule has 2 rings (SSSR count). The molecule has 18 heavy (non-hydrogen) atoms. The van der Waals surface area contributed by atoms with Crippen LogP contribution in [0.15, 0.2) is 16.7 Å². The molecule has 1 aromatic heterocycles. The summed E-state index contributed by atoms with van der Waals surface area (Å²) in [6, 6.07) is 2.04. The number of aromatic nitrogens is 2. The normalized spacial score (nSPS) is 20.7. The van der Waals surface area contributed by atoms with E-state index in [1.165, 1.54) is 5.69 Å². The minimum atomic E-state index is -0.269. The van der Waals surface area contributed by atoms with E-state index in [2.05, 4.69) is 31.2 Å². The Labute approximate surface area is 113 Å². The van der Waals surface area contributed by atoms with Gasteiger partial charge in [-0.25, -0.2) is 0 Å². The summed E-state index contributed by atoms with van der Waals surface area (Å²) in [7, 11) is 1.95. The zero-order valence-electron chi connectivity index (χ0n) is 11.5. The molecule has 4 nitrogen and oxygen atoms in total. The van der Waals surface area contributed by atoms with Crippen LogP contribution in [0.1, 0.15) is 33.4 Å². The van der Waals surface area contributed by atoms with E-state index in [0.717, 1.165) is 16.4 Å². The lowest BCUT2D eigenvalue weighted by Gasteiger charge is -2.17. The summed E-state index contributed by atoms with van der Waals surface area (Å²) in [4.78, 5) is 0. The zero-order valence-corrected chi connectivity index (χ0v) is 12.3. The lowest BCUT2D eigenvalue weighted by Crippen LogP contribution is -2.19. The van der Waals surface area contributed by atoms with Gasteiger partial charge in [-0.3, -0.25) is 4.68 Å². The molecule has 0 spiro atoms. The molecule has 2 heterocycles. The highest BCUT2D eigenvalue weighted by Crippen LogP contribution is 2.28. The Kier molecular flexibility index (Phi) is 3.43. The maximum atomic E-state index is 6.17. The fourth-order valence-corrected chi connectivity index (χ4v) is 2.23. The topological polar surface area (TPSA) is 39.1 Å². The van der Waals surface area contributed by atoms with Crippen molar-refractivity contribution in [2.45, 2.75) is 39.3 Å². The van der Waals surface area contributed by atoms with Gasteiger partial charge in [0.25, 0.3) is 0 Å². The van der Waals surface area contributed by atoms with E-state index in [9.17, 15) is 0 Å². The summed E-state index contributed by atoms with van der Waals surface area (Å²) in [6.07, 6.45) is -0.269. The van der Waals surface area contributed by atoms with Crippen molar-refractivity contribution in [1.29, 1.82) is 0 Å². The van der Waals surface area contributed by atoms with Crippen LogP contribution in [0.25, 0.3) is 0 Å². The van der Waals surface area contributed by atoms with Crippen molar-refractivity contribution in [3.8, 4) is 0 Å². The lowest BCUT2D eigenvalue weighted by molar-refractivity contribution is 0.143. The average molecular weight is 270 g/mol. The van der Waals surface area contributed by atoms with Gasteiger partial charge in [-0.05, 0) is 12.5 Å². The van der Waals surface area contributed by atoms with Gasteiger partial charge in [0.2, 0.25) is 0 Å². The molecule has 0 aliphatic carbocycles. The number of halogens is 1. The van der Waals surface area contributed by atoms with E-state index in [-0.39, 0.29) is 11.6 Å². The quantitative estimate of drug-likeness (QED) is 0.897. The minimum Gasteiger partial charge on any atom is -0.349 e. The summed E-state index contributed by atoms with van der Waals surface area (Å²) in [5, 5.41) is 8.39. The SMILES string of the molecule is CC1=C(Cl)C(Nc2cc(C(C)(C)C)n(C)n2)OC1. The molecular weight excluding hydrogens is 250 g/mol. The van der Waals surface area contributed by atoms with Crippen LogP contribution in [0.2, 0.25) is 0 Å². The van der Waals surface area contributed by atoms with Crippen LogP contribution >= 0.6 is 11.6 Å². The first-order valence-corrected chi connectivity index (χ1v) is 6.44. The summed E-state index contributed by atoms with van der Waals surface area (Å²) in [5.74, 6) is 0.792. The van der Waals surface area contributed by atoms with Gasteiger partial charge in [-0.15, -0.1) is 0 Å². The van der Waals surface area contributed by atoms with Crippen LogP contribution in [-0.4, -0.2) is 22.6 Å². The van der Waals surface area contributed by atoms with Crippen LogP contribution in [0.5, 0.6) is 0 Å². The van der Waals surface area contributed by atoms with Crippen molar-refractivity contribution in [2.24, 2.45) is 7.05 Å². The van der Waals surface area contributed by atoms with E-state index in [1.54, 1.807) is 0 Å². The molecule has 0 fully saturated rings. The highest BCUT2D eigenvalue weighted by Gasteiger charge is 2.25. The monoisotopic (exact) mass is 269 g/mol. The molecule has 0 amide bonds. The third kappa shape index (κ3) is 2.54. The van der Waals surface area contributed by atoms with Crippen molar-refractivity contribution in [1.82, 2.24) is 9.78 Å². The van der Waals surface area contributed by atoms with Gasteiger partial charge in [0.1, 0.15) is 0 Å². The third-order valence-electron chi connectivity index (χ3n) is 3.03. The molecule has 1 aliphatic heterocycles.